The molecule has 1 aliphatic rings. The van der Waals surface area contributed by atoms with Gasteiger partial charge in [0.1, 0.15) is 5.75 Å². The van der Waals surface area contributed by atoms with Crippen LogP contribution >= 0.6 is 0 Å². The van der Waals surface area contributed by atoms with E-state index in [4.69, 9.17) is 9.84 Å². The quantitative estimate of drug-likeness (QED) is 0.877. The molecule has 120 valence electrons. The number of carbonyl (C=O) groups excluding carboxylic acids is 1. The lowest BCUT2D eigenvalue weighted by Crippen LogP contribution is -2.44. The summed E-state index contributed by atoms with van der Waals surface area (Å²) in [4.78, 5) is 25.2. The van der Waals surface area contributed by atoms with E-state index >= 15 is 0 Å². The van der Waals surface area contributed by atoms with Gasteiger partial charge in [0.25, 0.3) is 0 Å². The van der Waals surface area contributed by atoms with Crippen LogP contribution in [-0.4, -0.2) is 41.6 Å². The Kier molecular flexibility index (Phi) is 5.81. The van der Waals surface area contributed by atoms with Crippen LogP contribution < -0.4 is 4.74 Å². The minimum atomic E-state index is -0.803. The van der Waals surface area contributed by atoms with Gasteiger partial charge in [-0.1, -0.05) is 18.2 Å². The summed E-state index contributed by atoms with van der Waals surface area (Å²) >= 11 is 0. The van der Waals surface area contributed by atoms with Crippen molar-refractivity contribution in [3.8, 4) is 5.75 Å². The first-order chi connectivity index (χ1) is 10.6. The van der Waals surface area contributed by atoms with Crippen LogP contribution in [0, 0.1) is 0 Å². The van der Waals surface area contributed by atoms with Gasteiger partial charge in [-0.25, -0.2) is 0 Å². The first-order valence-electron chi connectivity index (χ1n) is 7.75. The number of benzene rings is 1. The lowest BCUT2D eigenvalue weighted by Gasteiger charge is -2.36. The van der Waals surface area contributed by atoms with E-state index in [9.17, 15) is 9.59 Å². The average Bonchev–Trinajstić information content (AvgIpc) is 2.53. The van der Waals surface area contributed by atoms with Gasteiger partial charge in [-0.15, -0.1) is 0 Å². The number of hydrogen-bond donors (Lipinski definition) is 1. The topological polar surface area (TPSA) is 66.8 Å². The molecule has 2 rings (SSSR count). The predicted molar refractivity (Wildman–Crippen MR) is 82.9 cm³/mol. The van der Waals surface area contributed by atoms with Crippen molar-refractivity contribution in [2.75, 3.05) is 13.7 Å². The highest BCUT2D eigenvalue weighted by Gasteiger charge is 2.27. The number of nitrogens with zero attached hydrogens (tertiary/aromatic N) is 1. The number of methoxy groups -OCH3 is 1. The number of carboxylic acid groups (broad SMARTS) is 1. The first-order valence-corrected chi connectivity index (χ1v) is 7.75. The average molecular weight is 305 g/mol. The highest BCUT2D eigenvalue weighted by Crippen LogP contribution is 2.24. The molecule has 0 saturated carbocycles. The number of piperidine rings is 1. The van der Waals surface area contributed by atoms with E-state index in [1.807, 2.05) is 29.2 Å². The lowest BCUT2D eigenvalue weighted by atomic mass is 9.97. The summed E-state index contributed by atoms with van der Waals surface area (Å²) in [5.41, 5.74) is 0.873. The molecule has 1 unspecified atom stereocenters. The Morgan fingerprint density at radius 1 is 1.32 bits per heavy atom. The van der Waals surface area contributed by atoms with Crippen molar-refractivity contribution in [1.82, 2.24) is 4.90 Å². The summed E-state index contributed by atoms with van der Waals surface area (Å²) in [6.45, 7) is 0.721. The number of rotatable bonds is 6. The molecule has 1 atom stereocenters. The number of aliphatic carboxylic acids is 1. The fraction of sp³-hybridized carbons (Fsp3) is 0.529. The molecule has 1 N–H and O–H groups in total. The third-order valence-corrected chi connectivity index (χ3v) is 4.17. The van der Waals surface area contributed by atoms with E-state index in [2.05, 4.69) is 0 Å². The van der Waals surface area contributed by atoms with E-state index in [0.29, 0.717) is 12.8 Å². The zero-order valence-corrected chi connectivity index (χ0v) is 13.0. The first kappa shape index (κ1) is 16.3. The Morgan fingerprint density at radius 2 is 2.09 bits per heavy atom. The molecule has 1 saturated heterocycles. The molecular formula is C17H23NO4. The third-order valence-electron chi connectivity index (χ3n) is 4.17. The number of carbonyl (C=O) groups is 2. The van der Waals surface area contributed by atoms with Crippen LogP contribution in [0.1, 0.15) is 37.7 Å². The van der Waals surface area contributed by atoms with E-state index in [0.717, 1.165) is 37.1 Å². The highest BCUT2D eigenvalue weighted by atomic mass is 16.5. The molecule has 0 spiro atoms. The second kappa shape index (κ2) is 7.82. The lowest BCUT2D eigenvalue weighted by molar-refractivity contribution is -0.139. The number of likely N-dealkylation sites (tertiary alicyclic amines) is 1. The van der Waals surface area contributed by atoms with E-state index in [-0.39, 0.29) is 18.4 Å². The number of para-hydroxylation sites is 1. The Hall–Kier alpha value is -2.04. The van der Waals surface area contributed by atoms with Crippen molar-refractivity contribution in [2.45, 2.75) is 44.6 Å². The van der Waals surface area contributed by atoms with Gasteiger partial charge in [0.05, 0.1) is 13.5 Å². The standard InChI is InChI=1S/C17H23NO4/c1-22-15-8-3-2-6-13(15)12-16(19)18-11-5-4-7-14(18)9-10-17(20)21/h2-3,6,8,14H,4-5,7,9-12H2,1H3,(H,20,21). The fourth-order valence-electron chi connectivity index (χ4n) is 3.03. The SMILES string of the molecule is COc1ccccc1CC(=O)N1CCCCC1CCC(=O)O. The molecule has 0 bridgehead atoms. The highest BCUT2D eigenvalue weighted by molar-refractivity contribution is 5.80. The molecule has 1 aliphatic heterocycles. The van der Waals surface area contributed by atoms with Crippen molar-refractivity contribution in [3.63, 3.8) is 0 Å². The van der Waals surface area contributed by atoms with Crippen molar-refractivity contribution in [2.24, 2.45) is 0 Å². The minimum absolute atomic E-state index is 0.0482. The summed E-state index contributed by atoms with van der Waals surface area (Å²) < 4.78 is 5.29. The van der Waals surface area contributed by atoms with Crippen LogP contribution in [0.5, 0.6) is 5.75 Å². The van der Waals surface area contributed by atoms with Crippen LogP contribution in [0.25, 0.3) is 0 Å². The number of ether oxygens (including phenoxy) is 1. The molecule has 1 fully saturated rings. The molecule has 5 heteroatoms. The fourth-order valence-corrected chi connectivity index (χ4v) is 3.03. The molecule has 1 heterocycles. The van der Waals surface area contributed by atoms with Crippen LogP contribution in [0.2, 0.25) is 0 Å². The second-order valence-electron chi connectivity index (χ2n) is 5.66. The van der Waals surface area contributed by atoms with Crippen molar-refractivity contribution in [1.29, 1.82) is 0 Å². The smallest absolute Gasteiger partial charge is 0.303 e. The number of hydrogen-bond acceptors (Lipinski definition) is 3. The molecule has 0 aromatic heterocycles. The van der Waals surface area contributed by atoms with Crippen molar-refractivity contribution < 1.29 is 19.4 Å². The van der Waals surface area contributed by atoms with E-state index in [1.54, 1.807) is 7.11 Å². The molecule has 1 amide bonds. The maximum atomic E-state index is 12.6. The Morgan fingerprint density at radius 3 is 2.82 bits per heavy atom. The summed E-state index contributed by atoms with van der Waals surface area (Å²) in [5.74, 6) is -0.0303. The van der Waals surface area contributed by atoms with Gasteiger partial charge in [-0.05, 0) is 31.7 Å². The van der Waals surface area contributed by atoms with Gasteiger partial charge in [0.15, 0.2) is 0 Å². The Labute approximate surface area is 130 Å². The van der Waals surface area contributed by atoms with Crippen LogP contribution in [-0.2, 0) is 16.0 Å². The van der Waals surface area contributed by atoms with Gasteiger partial charge >= 0.3 is 5.97 Å². The minimum Gasteiger partial charge on any atom is -0.496 e. The Balaban J connectivity index is 2.03. The van der Waals surface area contributed by atoms with Crippen LogP contribution in [0.4, 0.5) is 0 Å². The van der Waals surface area contributed by atoms with Crippen molar-refractivity contribution >= 4 is 11.9 Å². The molecular weight excluding hydrogens is 282 g/mol. The Bertz CT molecular complexity index is 529. The molecule has 0 radical (unpaired) electrons. The van der Waals surface area contributed by atoms with Gasteiger partial charge in [-0.2, -0.15) is 0 Å². The third kappa shape index (κ3) is 4.23. The molecule has 1 aromatic rings. The normalized spacial score (nSPS) is 18.0. The zero-order chi connectivity index (χ0) is 15.9. The van der Waals surface area contributed by atoms with Crippen LogP contribution in [0.3, 0.4) is 0 Å². The predicted octanol–water partition coefficient (Wildman–Crippen LogP) is 2.48. The maximum absolute atomic E-state index is 12.6. The summed E-state index contributed by atoms with van der Waals surface area (Å²) in [6, 6.07) is 7.56. The molecule has 5 nitrogen and oxygen atoms in total. The summed E-state index contributed by atoms with van der Waals surface area (Å²) in [5, 5.41) is 8.85. The monoisotopic (exact) mass is 305 g/mol. The van der Waals surface area contributed by atoms with Gasteiger partial charge in [0.2, 0.25) is 5.91 Å². The zero-order valence-electron chi connectivity index (χ0n) is 13.0. The van der Waals surface area contributed by atoms with Gasteiger partial charge < -0.3 is 14.7 Å². The van der Waals surface area contributed by atoms with E-state index in [1.165, 1.54) is 0 Å². The maximum Gasteiger partial charge on any atom is 0.303 e. The molecule has 22 heavy (non-hydrogen) atoms. The number of carboxylic acids is 1. The van der Waals surface area contributed by atoms with Crippen LogP contribution in [0.15, 0.2) is 24.3 Å². The molecule has 0 aliphatic carbocycles. The van der Waals surface area contributed by atoms with E-state index < -0.39 is 5.97 Å². The summed E-state index contributed by atoms with van der Waals surface area (Å²) in [7, 11) is 1.60. The van der Waals surface area contributed by atoms with Gasteiger partial charge in [0, 0.05) is 24.6 Å². The second-order valence-corrected chi connectivity index (χ2v) is 5.66. The largest absolute Gasteiger partial charge is 0.496 e. The van der Waals surface area contributed by atoms with Crippen molar-refractivity contribution in [3.05, 3.63) is 29.8 Å². The number of amides is 1. The molecule has 1 aromatic carbocycles. The van der Waals surface area contributed by atoms with Gasteiger partial charge in [-0.3, -0.25) is 9.59 Å². The summed E-state index contributed by atoms with van der Waals surface area (Å²) in [6.07, 6.45) is 3.89.